The monoisotopic (exact) mass is 320 g/mol. The first kappa shape index (κ1) is 14.0. The number of hydrogen-bond donors (Lipinski definition) is 1. The molecule has 5 heteroatoms. The molecule has 0 fully saturated rings. The van der Waals surface area contributed by atoms with Gasteiger partial charge in [-0.25, -0.2) is 9.97 Å². The van der Waals surface area contributed by atoms with Crippen LogP contribution in [0.15, 0.2) is 34.8 Å². The van der Waals surface area contributed by atoms with Gasteiger partial charge in [0.2, 0.25) is 5.95 Å². The second kappa shape index (κ2) is 6.12. The Labute approximate surface area is 121 Å². The lowest BCUT2D eigenvalue weighted by Crippen LogP contribution is -2.20. The van der Waals surface area contributed by atoms with E-state index >= 15 is 0 Å². The van der Waals surface area contributed by atoms with Crippen LogP contribution in [-0.2, 0) is 13.1 Å². The minimum absolute atomic E-state index is 0.432. The van der Waals surface area contributed by atoms with Crippen molar-refractivity contribution in [3.8, 4) is 0 Å². The molecule has 0 amide bonds. The summed E-state index contributed by atoms with van der Waals surface area (Å²) in [4.78, 5) is 10.9. The molecule has 0 aliphatic carbocycles. The van der Waals surface area contributed by atoms with Crippen LogP contribution in [0.2, 0.25) is 0 Å². The number of benzene rings is 1. The third kappa shape index (κ3) is 3.75. The summed E-state index contributed by atoms with van der Waals surface area (Å²) in [5, 5.41) is 0. The average Bonchev–Trinajstić information content (AvgIpc) is 2.38. The van der Waals surface area contributed by atoms with Gasteiger partial charge in [0, 0.05) is 30.3 Å². The fourth-order valence-corrected chi connectivity index (χ4v) is 2.32. The Hall–Kier alpha value is -1.46. The van der Waals surface area contributed by atoms with Gasteiger partial charge in [0.05, 0.1) is 5.69 Å². The minimum Gasteiger partial charge on any atom is -0.340 e. The molecule has 0 spiro atoms. The maximum Gasteiger partial charge on any atom is 0.225 e. The van der Waals surface area contributed by atoms with Crippen LogP contribution in [0, 0.1) is 6.92 Å². The zero-order valence-corrected chi connectivity index (χ0v) is 12.7. The van der Waals surface area contributed by atoms with Crippen LogP contribution in [-0.4, -0.2) is 17.0 Å². The zero-order valence-electron chi connectivity index (χ0n) is 11.1. The Kier molecular flexibility index (Phi) is 4.50. The molecule has 0 aliphatic rings. The zero-order chi connectivity index (χ0) is 13.8. The Morgan fingerprint density at radius 1 is 1.26 bits per heavy atom. The second-order valence-corrected chi connectivity index (χ2v) is 5.41. The van der Waals surface area contributed by atoms with Crippen molar-refractivity contribution in [2.45, 2.75) is 20.0 Å². The third-order valence-corrected chi connectivity index (χ3v) is 3.25. The first-order valence-electron chi connectivity index (χ1n) is 6.08. The van der Waals surface area contributed by atoms with Crippen molar-refractivity contribution < 1.29 is 0 Å². The first-order valence-corrected chi connectivity index (χ1v) is 6.88. The maximum absolute atomic E-state index is 5.65. The van der Waals surface area contributed by atoms with Gasteiger partial charge in [0.1, 0.15) is 0 Å². The van der Waals surface area contributed by atoms with Crippen LogP contribution < -0.4 is 10.6 Å². The standard InChI is InChI=1S/C14H17BrN4/c1-10-6-13(8-16)18-14(17-10)19(2)9-11-4-3-5-12(15)7-11/h3-7H,8-9,16H2,1-2H3. The summed E-state index contributed by atoms with van der Waals surface area (Å²) in [5.74, 6) is 0.709. The lowest BCUT2D eigenvalue weighted by molar-refractivity contribution is 0.836. The predicted molar refractivity (Wildman–Crippen MR) is 80.9 cm³/mol. The molecule has 0 atom stereocenters. The van der Waals surface area contributed by atoms with E-state index in [1.165, 1.54) is 5.56 Å². The SMILES string of the molecule is Cc1cc(CN)nc(N(C)Cc2cccc(Br)c2)n1. The van der Waals surface area contributed by atoms with Crippen molar-refractivity contribution in [3.05, 3.63) is 51.8 Å². The maximum atomic E-state index is 5.65. The molecule has 1 heterocycles. The summed E-state index contributed by atoms with van der Waals surface area (Å²) in [6.45, 7) is 3.14. The van der Waals surface area contributed by atoms with Crippen LogP contribution in [0.4, 0.5) is 5.95 Å². The number of aromatic nitrogens is 2. The number of hydrogen-bond acceptors (Lipinski definition) is 4. The van der Waals surface area contributed by atoms with Crippen LogP contribution in [0.25, 0.3) is 0 Å². The highest BCUT2D eigenvalue weighted by atomic mass is 79.9. The fourth-order valence-electron chi connectivity index (χ4n) is 1.87. The highest BCUT2D eigenvalue weighted by Gasteiger charge is 2.07. The summed E-state index contributed by atoms with van der Waals surface area (Å²) in [5.41, 5.74) is 8.65. The van der Waals surface area contributed by atoms with E-state index in [-0.39, 0.29) is 0 Å². The molecule has 1 aromatic carbocycles. The summed E-state index contributed by atoms with van der Waals surface area (Å²) < 4.78 is 1.08. The number of aryl methyl sites for hydroxylation is 1. The van der Waals surface area contributed by atoms with Crippen LogP contribution in [0.1, 0.15) is 17.0 Å². The van der Waals surface area contributed by atoms with E-state index in [0.29, 0.717) is 12.5 Å². The molecule has 0 saturated carbocycles. The highest BCUT2D eigenvalue weighted by Crippen LogP contribution is 2.16. The van der Waals surface area contributed by atoms with Gasteiger partial charge in [-0.2, -0.15) is 0 Å². The van der Waals surface area contributed by atoms with Crippen LogP contribution in [0.3, 0.4) is 0 Å². The van der Waals surface area contributed by atoms with E-state index < -0.39 is 0 Å². The van der Waals surface area contributed by atoms with Gasteiger partial charge in [-0.3, -0.25) is 0 Å². The number of halogens is 1. The van der Waals surface area contributed by atoms with Gasteiger partial charge in [0.25, 0.3) is 0 Å². The quantitative estimate of drug-likeness (QED) is 0.941. The lowest BCUT2D eigenvalue weighted by Gasteiger charge is -2.18. The van der Waals surface area contributed by atoms with Crippen molar-refractivity contribution >= 4 is 21.9 Å². The van der Waals surface area contributed by atoms with Crippen LogP contribution >= 0.6 is 15.9 Å². The first-order chi connectivity index (χ1) is 9.08. The van der Waals surface area contributed by atoms with Gasteiger partial charge in [0.15, 0.2) is 0 Å². The summed E-state index contributed by atoms with van der Waals surface area (Å²) in [7, 11) is 1.98. The molecule has 2 aromatic rings. The predicted octanol–water partition coefficient (Wildman–Crippen LogP) is 2.64. The number of rotatable bonds is 4. The largest absolute Gasteiger partial charge is 0.340 e. The normalized spacial score (nSPS) is 10.5. The molecule has 1 aromatic heterocycles. The van der Waals surface area contributed by atoms with Crippen molar-refractivity contribution in [2.24, 2.45) is 5.73 Å². The fraction of sp³-hybridized carbons (Fsp3) is 0.286. The number of anilines is 1. The Morgan fingerprint density at radius 2 is 2.05 bits per heavy atom. The third-order valence-electron chi connectivity index (χ3n) is 2.75. The minimum atomic E-state index is 0.432. The second-order valence-electron chi connectivity index (χ2n) is 4.49. The van der Waals surface area contributed by atoms with Crippen molar-refractivity contribution in [2.75, 3.05) is 11.9 Å². The molecule has 100 valence electrons. The van der Waals surface area contributed by atoms with E-state index in [4.69, 9.17) is 5.73 Å². The summed E-state index contributed by atoms with van der Waals surface area (Å²) >= 11 is 3.48. The van der Waals surface area contributed by atoms with Gasteiger partial charge in [-0.1, -0.05) is 28.1 Å². The Morgan fingerprint density at radius 3 is 2.74 bits per heavy atom. The van der Waals surface area contributed by atoms with Gasteiger partial charge in [-0.15, -0.1) is 0 Å². The summed E-state index contributed by atoms with van der Waals surface area (Å²) in [6, 6.07) is 10.1. The molecule has 0 bridgehead atoms. The molecule has 0 saturated heterocycles. The molecule has 0 unspecified atom stereocenters. The van der Waals surface area contributed by atoms with Crippen molar-refractivity contribution in [1.82, 2.24) is 9.97 Å². The average molecular weight is 321 g/mol. The number of nitrogens with two attached hydrogens (primary N) is 1. The van der Waals surface area contributed by atoms with Crippen molar-refractivity contribution in [3.63, 3.8) is 0 Å². The highest BCUT2D eigenvalue weighted by molar-refractivity contribution is 9.10. The van der Waals surface area contributed by atoms with E-state index in [2.05, 4.69) is 38.0 Å². The lowest BCUT2D eigenvalue weighted by atomic mass is 10.2. The molecular weight excluding hydrogens is 304 g/mol. The number of nitrogens with zero attached hydrogens (tertiary/aromatic N) is 3. The molecule has 4 nitrogen and oxygen atoms in total. The topological polar surface area (TPSA) is 55.0 Å². The molecule has 19 heavy (non-hydrogen) atoms. The molecule has 2 N–H and O–H groups in total. The van der Waals surface area contributed by atoms with Crippen molar-refractivity contribution in [1.29, 1.82) is 0 Å². The molecule has 0 aliphatic heterocycles. The molecular formula is C14H17BrN4. The Balaban J connectivity index is 2.20. The van der Waals surface area contributed by atoms with E-state index in [1.807, 2.05) is 37.1 Å². The molecule has 0 radical (unpaired) electrons. The Bertz CT molecular complexity index is 571. The van der Waals surface area contributed by atoms with Crippen LogP contribution in [0.5, 0.6) is 0 Å². The van der Waals surface area contributed by atoms with Gasteiger partial charge < -0.3 is 10.6 Å². The van der Waals surface area contributed by atoms with E-state index in [9.17, 15) is 0 Å². The van der Waals surface area contributed by atoms with E-state index in [1.54, 1.807) is 0 Å². The smallest absolute Gasteiger partial charge is 0.225 e. The molecule has 2 rings (SSSR count). The van der Waals surface area contributed by atoms with Gasteiger partial charge in [-0.05, 0) is 30.7 Å². The van der Waals surface area contributed by atoms with Gasteiger partial charge >= 0.3 is 0 Å². The van der Waals surface area contributed by atoms with E-state index in [0.717, 1.165) is 22.4 Å². The summed E-state index contributed by atoms with van der Waals surface area (Å²) in [6.07, 6.45) is 0.